The van der Waals surface area contributed by atoms with Gasteiger partial charge in [-0.3, -0.25) is 4.79 Å². The number of benzene rings is 1. The van der Waals surface area contributed by atoms with Crippen molar-refractivity contribution in [3.05, 3.63) is 48.0 Å². The van der Waals surface area contributed by atoms with Crippen LogP contribution in [0.1, 0.15) is 18.9 Å². The van der Waals surface area contributed by atoms with E-state index in [1.807, 2.05) is 18.2 Å². The zero-order valence-corrected chi connectivity index (χ0v) is 13.0. The summed E-state index contributed by atoms with van der Waals surface area (Å²) >= 11 is 0. The summed E-state index contributed by atoms with van der Waals surface area (Å²) in [5.74, 6) is -0.00745. The van der Waals surface area contributed by atoms with Gasteiger partial charge >= 0.3 is 0 Å². The molecule has 1 aromatic rings. The largest absolute Gasteiger partial charge is 0.390 e. The maximum atomic E-state index is 12.2. The molecule has 3 aliphatic rings. The predicted octanol–water partition coefficient (Wildman–Crippen LogP) is 1.49. The van der Waals surface area contributed by atoms with Gasteiger partial charge in [-0.05, 0) is 12.0 Å². The number of aliphatic hydroxyl groups excluding tert-OH is 1. The third kappa shape index (κ3) is 1.29. The molecule has 5 atom stereocenters. The van der Waals surface area contributed by atoms with Crippen molar-refractivity contribution in [1.82, 2.24) is 4.90 Å². The van der Waals surface area contributed by atoms with Crippen LogP contribution in [0.15, 0.2) is 42.5 Å². The summed E-state index contributed by atoms with van der Waals surface area (Å²) in [5, 5.41) is 11.2. The van der Waals surface area contributed by atoms with Crippen LogP contribution in [-0.2, 0) is 14.9 Å². The molecule has 1 aromatic carbocycles. The second-order valence-electron chi connectivity index (χ2n) is 7.07. The van der Waals surface area contributed by atoms with Crippen molar-refractivity contribution < 1.29 is 14.6 Å². The third-order valence-electron chi connectivity index (χ3n) is 6.08. The smallest absolute Gasteiger partial charge is 0.254 e. The number of ether oxygens (including phenoxy) is 1. The number of carbonyl (C=O) groups excluding carboxylic acids is 1. The lowest BCUT2D eigenvalue weighted by atomic mass is 9.40. The van der Waals surface area contributed by atoms with E-state index in [2.05, 4.69) is 25.6 Å². The fourth-order valence-corrected chi connectivity index (χ4v) is 5.17. The van der Waals surface area contributed by atoms with E-state index in [9.17, 15) is 9.90 Å². The zero-order valence-electron chi connectivity index (χ0n) is 13.0. The monoisotopic (exact) mass is 299 g/mol. The molecular weight excluding hydrogens is 278 g/mol. The van der Waals surface area contributed by atoms with Crippen molar-refractivity contribution in [3.8, 4) is 0 Å². The molecule has 4 rings (SSSR count). The lowest BCUT2D eigenvalue weighted by Crippen LogP contribution is -2.83. The molecule has 2 heterocycles. The van der Waals surface area contributed by atoms with Crippen LogP contribution in [0.5, 0.6) is 0 Å². The Labute approximate surface area is 130 Å². The number of β-lactam (4-membered cyclic amide) rings is 1. The van der Waals surface area contributed by atoms with E-state index in [1.54, 1.807) is 4.90 Å². The first-order chi connectivity index (χ1) is 10.5. The van der Waals surface area contributed by atoms with Gasteiger partial charge in [0.1, 0.15) is 0 Å². The Bertz CT molecular complexity index is 658. The minimum absolute atomic E-state index is 0.00745. The molecule has 0 aromatic heterocycles. The highest BCUT2D eigenvalue weighted by Gasteiger charge is 2.73. The molecule has 1 N–H and O–H groups in total. The summed E-state index contributed by atoms with van der Waals surface area (Å²) in [4.78, 5) is 14.0. The van der Waals surface area contributed by atoms with E-state index >= 15 is 0 Å². The van der Waals surface area contributed by atoms with Gasteiger partial charge in [-0.15, -0.1) is 0 Å². The van der Waals surface area contributed by atoms with Crippen LogP contribution in [-0.4, -0.2) is 47.8 Å². The highest BCUT2D eigenvalue weighted by atomic mass is 16.5. The summed E-state index contributed by atoms with van der Waals surface area (Å²) in [6.45, 7) is 7.05. The molecule has 2 saturated heterocycles. The molecule has 0 radical (unpaired) electrons. The summed E-state index contributed by atoms with van der Waals surface area (Å²) in [6.07, 6.45) is -0.376. The van der Waals surface area contributed by atoms with Gasteiger partial charge in [0.25, 0.3) is 5.91 Å². The van der Waals surface area contributed by atoms with Gasteiger partial charge < -0.3 is 14.7 Å². The van der Waals surface area contributed by atoms with Crippen molar-refractivity contribution in [2.24, 2.45) is 5.41 Å². The summed E-state index contributed by atoms with van der Waals surface area (Å²) in [6, 6.07) is 9.81. The van der Waals surface area contributed by atoms with Crippen molar-refractivity contribution in [2.75, 3.05) is 13.7 Å². The minimum atomic E-state index is -0.683. The Kier molecular flexibility index (Phi) is 2.67. The minimum Gasteiger partial charge on any atom is -0.390 e. The van der Waals surface area contributed by atoms with Crippen LogP contribution in [0.2, 0.25) is 0 Å². The van der Waals surface area contributed by atoms with E-state index in [0.717, 1.165) is 17.6 Å². The average Bonchev–Trinajstić information content (AvgIpc) is 2.50. The standard InChI is InChI=1S/C18H21NO3/c1-11-9-17(2)10-19-13(14(22-3)16(19)21)15(20)18(11,17)12-7-5-4-6-8-12/h4-8,13-15,20H,1,9-10H2,2-3H3/t13-,14-,15+,17-,18-/m1/s1. The second-order valence-corrected chi connectivity index (χ2v) is 7.07. The third-order valence-corrected chi connectivity index (χ3v) is 6.08. The zero-order chi connectivity index (χ0) is 15.7. The Morgan fingerprint density at radius 3 is 2.64 bits per heavy atom. The number of nitrogens with zero attached hydrogens (tertiary/aromatic N) is 1. The van der Waals surface area contributed by atoms with Crippen molar-refractivity contribution in [2.45, 2.75) is 37.0 Å². The number of hydrogen-bond acceptors (Lipinski definition) is 3. The van der Waals surface area contributed by atoms with Gasteiger partial charge in [-0.25, -0.2) is 0 Å². The quantitative estimate of drug-likeness (QED) is 0.665. The van der Waals surface area contributed by atoms with Crippen molar-refractivity contribution in [3.63, 3.8) is 0 Å². The molecule has 1 amide bonds. The van der Waals surface area contributed by atoms with Crippen LogP contribution >= 0.6 is 0 Å². The van der Waals surface area contributed by atoms with Crippen molar-refractivity contribution >= 4 is 5.91 Å². The Balaban J connectivity index is 1.85. The maximum absolute atomic E-state index is 12.2. The maximum Gasteiger partial charge on any atom is 0.254 e. The molecule has 2 aliphatic heterocycles. The summed E-state index contributed by atoms with van der Waals surface area (Å²) in [5.41, 5.74) is 1.50. The first-order valence-corrected chi connectivity index (χ1v) is 7.72. The highest BCUT2D eigenvalue weighted by Crippen LogP contribution is 2.67. The lowest BCUT2D eigenvalue weighted by Gasteiger charge is -2.71. The van der Waals surface area contributed by atoms with Crippen LogP contribution < -0.4 is 0 Å². The van der Waals surface area contributed by atoms with Crippen LogP contribution in [0, 0.1) is 5.41 Å². The Morgan fingerprint density at radius 2 is 2.05 bits per heavy atom. The molecule has 1 saturated carbocycles. The fourth-order valence-electron chi connectivity index (χ4n) is 5.17. The molecule has 4 nitrogen and oxygen atoms in total. The van der Waals surface area contributed by atoms with Gasteiger partial charge in [0, 0.05) is 19.1 Å². The number of carbonyl (C=O) groups is 1. The molecule has 0 unspecified atom stereocenters. The SMILES string of the molecule is C=C1C[C@]2(C)CN3C(=O)[C@H](OC)[C@@H]3[C@H](O)[C@]12c1ccccc1. The van der Waals surface area contributed by atoms with Gasteiger partial charge in [-0.1, -0.05) is 49.4 Å². The first-order valence-electron chi connectivity index (χ1n) is 7.72. The Morgan fingerprint density at radius 1 is 1.36 bits per heavy atom. The van der Waals surface area contributed by atoms with E-state index in [4.69, 9.17) is 4.74 Å². The van der Waals surface area contributed by atoms with Crippen LogP contribution in [0.3, 0.4) is 0 Å². The van der Waals surface area contributed by atoms with Gasteiger partial charge in [0.2, 0.25) is 0 Å². The number of aliphatic hydroxyl groups is 1. The lowest BCUT2D eigenvalue weighted by molar-refractivity contribution is -0.222. The predicted molar refractivity (Wildman–Crippen MR) is 82.3 cm³/mol. The molecule has 1 aliphatic carbocycles. The topological polar surface area (TPSA) is 49.8 Å². The number of rotatable bonds is 2. The van der Waals surface area contributed by atoms with E-state index in [1.165, 1.54) is 7.11 Å². The molecule has 0 bridgehead atoms. The number of methoxy groups -OCH3 is 1. The van der Waals surface area contributed by atoms with Crippen molar-refractivity contribution in [1.29, 1.82) is 0 Å². The molecule has 22 heavy (non-hydrogen) atoms. The number of hydrogen-bond donors (Lipinski definition) is 1. The Hall–Kier alpha value is -1.65. The second kappa shape index (κ2) is 4.21. The summed E-state index contributed by atoms with van der Waals surface area (Å²) in [7, 11) is 1.53. The van der Waals surface area contributed by atoms with Gasteiger partial charge in [0.15, 0.2) is 6.10 Å². The average molecular weight is 299 g/mol. The van der Waals surface area contributed by atoms with Gasteiger partial charge in [0.05, 0.1) is 17.6 Å². The molecular formula is C18H21NO3. The van der Waals surface area contributed by atoms with E-state index in [0.29, 0.717) is 6.54 Å². The first kappa shape index (κ1) is 14.0. The molecule has 4 heteroatoms. The normalized spacial score (nSPS) is 43.0. The molecule has 3 fully saturated rings. The van der Waals surface area contributed by atoms with E-state index < -0.39 is 17.6 Å². The van der Waals surface area contributed by atoms with Crippen LogP contribution in [0.25, 0.3) is 0 Å². The fraction of sp³-hybridized carbons (Fsp3) is 0.500. The van der Waals surface area contributed by atoms with Crippen LogP contribution in [0.4, 0.5) is 0 Å². The number of piperidine rings is 1. The molecule has 116 valence electrons. The number of amides is 1. The highest BCUT2D eigenvalue weighted by molar-refractivity contribution is 5.89. The van der Waals surface area contributed by atoms with Gasteiger partial charge in [-0.2, -0.15) is 0 Å². The summed E-state index contributed by atoms with van der Waals surface area (Å²) < 4.78 is 5.31. The molecule has 0 spiro atoms. The van der Waals surface area contributed by atoms with E-state index in [-0.39, 0.29) is 17.4 Å². The number of fused-ring (bicyclic) bond motifs is 2.